The molecule has 1 aromatic rings. The minimum atomic E-state index is 0.916. The van der Waals surface area contributed by atoms with Crippen LogP contribution >= 0.6 is 27.7 Å². The summed E-state index contributed by atoms with van der Waals surface area (Å²) in [6, 6.07) is 5.97. The first-order valence-electron chi connectivity index (χ1n) is 2.93. The van der Waals surface area contributed by atoms with Crippen LogP contribution in [0.25, 0.3) is 0 Å². The Labute approximate surface area is 73.4 Å². The summed E-state index contributed by atoms with van der Waals surface area (Å²) < 4.78 is 0.916. The van der Waals surface area contributed by atoms with Gasteiger partial charge in [-0.3, -0.25) is 0 Å². The Morgan fingerprint density at radius 2 is 2.40 bits per heavy atom. The molecular weight excluding hydrogens is 210 g/mol. The summed E-state index contributed by atoms with van der Waals surface area (Å²) in [5.74, 6) is 0.986. The molecule has 0 saturated heterocycles. The molecule has 54 valence electrons. The minimum Gasteiger partial charge on any atom is -0.245 e. The average molecular weight is 218 g/mol. The molecule has 0 unspecified atom stereocenters. The lowest BCUT2D eigenvalue weighted by Gasteiger charge is -1.95. The third-order valence-corrected chi connectivity index (χ3v) is 2.09. The standard InChI is InChI=1S/C7H8BrNS/c1-10-5-6-3-2-4-7(8)9-6/h2-4H,5H2,1H3. The van der Waals surface area contributed by atoms with Gasteiger partial charge in [-0.15, -0.1) is 0 Å². The fraction of sp³-hybridized carbons (Fsp3) is 0.286. The van der Waals surface area contributed by atoms with Gasteiger partial charge in [0.25, 0.3) is 0 Å². The predicted molar refractivity (Wildman–Crippen MR) is 49.2 cm³/mol. The van der Waals surface area contributed by atoms with Gasteiger partial charge in [-0.2, -0.15) is 11.8 Å². The Balaban J connectivity index is 2.75. The van der Waals surface area contributed by atoms with E-state index in [4.69, 9.17) is 0 Å². The second-order valence-corrected chi connectivity index (χ2v) is 3.56. The van der Waals surface area contributed by atoms with Crippen molar-refractivity contribution in [1.82, 2.24) is 4.98 Å². The van der Waals surface area contributed by atoms with Gasteiger partial charge in [0.15, 0.2) is 0 Å². The van der Waals surface area contributed by atoms with E-state index >= 15 is 0 Å². The number of hydrogen-bond acceptors (Lipinski definition) is 2. The van der Waals surface area contributed by atoms with E-state index in [9.17, 15) is 0 Å². The van der Waals surface area contributed by atoms with E-state index in [1.807, 2.05) is 18.2 Å². The van der Waals surface area contributed by atoms with Crippen LogP contribution in [0.4, 0.5) is 0 Å². The molecule has 0 fully saturated rings. The summed E-state index contributed by atoms with van der Waals surface area (Å²) in [7, 11) is 0. The van der Waals surface area contributed by atoms with Crippen molar-refractivity contribution in [1.29, 1.82) is 0 Å². The molecule has 0 amide bonds. The molecule has 3 heteroatoms. The highest BCUT2D eigenvalue weighted by Gasteiger charge is 1.91. The molecule has 0 aliphatic carbocycles. The lowest BCUT2D eigenvalue weighted by atomic mass is 10.4. The highest BCUT2D eigenvalue weighted by Crippen LogP contribution is 2.10. The van der Waals surface area contributed by atoms with Crippen LogP contribution in [0.2, 0.25) is 0 Å². The normalized spacial score (nSPS) is 9.80. The van der Waals surface area contributed by atoms with Crippen LogP contribution in [-0.4, -0.2) is 11.2 Å². The van der Waals surface area contributed by atoms with Crippen LogP contribution < -0.4 is 0 Å². The van der Waals surface area contributed by atoms with Crippen molar-refractivity contribution in [3.63, 3.8) is 0 Å². The van der Waals surface area contributed by atoms with Crippen LogP contribution in [0.15, 0.2) is 22.8 Å². The molecule has 1 aromatic heterocycles. The summed E-state index contributed by atoms with van der Waals surface area (Å²) in [5, 5.41) is 0. The van der Waals surface area contributed by atoms with Gasteiger partial charge in [0, 0.05) is 5.75 Å². The molecule has 10 heavy (non-hydrogen) atoms. The van der Waals surface area contributed by atoms with Gasteiger partial charge in [0.05, 0.1) is 5.69 Å². The lowest BCUT2D eigenvalue weighted by molar-refractivity contribution is 1.15. The van der Waals surface area contributed by atoms with E-state index in [0.29, 0.717) is 0 Å². The van der Waals surface area contributed by atoms with Crippen LogP contribution in [0.1, 0.15) is 5.69 Å². The van der Waals surface area contributed by atoms with Crippen molar-refractivity contribution in [3.8, 4) is 0 Å². The highest BCUT2D eigenvalue weighted by molar-refractivity contribution is 9.10. The summed E-state index contributed by atoms with van der Waals surface area (Å²) in [4.78, 5) is 4.26. The van der Waals surface area contributed by atoms with E-state index < -0.39 is 0 Å². The zero-order valence-electron chi connectivity index (χ0n) is 5.67. The Hall–Kier alpha value is -0.0200. The van der Waals surface area contributed by atoms with E-state index in [1.54, 1.807) is 11.8 Å². The van der Waals surface area contributed by atoms with Crippen LogP contribution in [0.3, 0.4) is 0 Å². The van der Waals surface area contributed by atoms with E-state index in [2.05, 4.69) is 27.2 Å². The SMILES string of the molecule is CSCc1cccc(Br)n1. The van der Waals surface area contributed by atoms with Gasteiger partial charge in [-0.25, -0.2) is 4.98 Å². The summed E-state index contributed by atoms with van der Waals surface area (Å²) in [6.45, 7) is 0. The fourth-order valence-electron chi connectivity index (χ4n) is 0.679. The Kier molecular flexibility index (Phi) is 3.22. The first kappa shape index (κ1) is 8.08. The minimum absolute atomic E-state index is 0.916. The van der Waals surface area contributed by atoms with Crippen molar-refractivity contribution in [3.05, 3.63) is 28.5 Å². The molecule has 0 N–H and O–H groups in total. The first-order chi connectivity index (χ1) is 4.83. The quantitative estimate of drug-likeness (QED) is 0.708. The Morgan fingerprint density at radius 3 is 3.00 bits per heavy atom. The summed E-state index contributed by atoms with van der Waals surface area (Å²) in [5.41, 5.74) is 1.13. The molecule has 0 aromatic carbocycles. The average Bonchev–Trinajstić information content (AvgIpc) is 1.88. The largest absolute Gasteiger partial charge is 0.245 e. The molecule has 1 rings (SSSR count). The maximum absolute atomic E-state index is 4.26. The monoisotopic (exact) mass is 217 g/mol. The van der Waals surface area contributed by atoms with Gasteiger partial charge in [0.1, 0.15) is 4.60 Å². The molecule has 0 bridgehead atoms. The molecule has 1 nitrogen and oxygen atoms in total. The van der Waals surface area contributed by atoms with Crippen molar-refractivity contribution in [2.75, 3.05) is 6.26 Å². The summed E-state index contributed by atoms with van der Waals surface area (Å²) in [6.07, 6.45) is 2.07. The van der Waals surface area contributed by atoms with Crippen molar-refractivity contribution < 1.29 is 0 Å². The van der Waals surface area contributed by atoms with Crippen molar-refractivity contribution >= 4 is 27.7 Å². The molecule has 0 spiro atoms. The molecule has 0 atom stereocenters. The van der Waals surface area contributed by atoms with Gasteiger partial charge < -0.3 is 0 Å². The van der Waals surface area contributed by atoms with E-state index in [0.717, 1.165) is 16.0 Å². The smallest absolute Gasteiger partial charge is 0.106 e. The van der Waals surface area contributed by atoms with Crippen molar-refractivity contribution in [2.24, 2.45) is 0 Å². The number of hydrogen-bond donors (Lipinski definition) is 0. The number of thioether (sulfide) groups is 1. The van der Waals surface area contributed by atoms with Gasteiger partial charge in [0.2, 0.25) is 0 Å². The molecular formula is C7H8BrNS. The number of pyridine rings is 1. The number of rotatable bonds is 2. The summed E-state index contributed by atoms with van der Waals surface area (Å²) >= 11 is 5.09. The number of halogens is 1. The zero-order chi connectivity index (χ0) is 7.40. The number of aromatic nitrogens is 1. The van der Waals surface area contributed by atoms with Gasteiger partial charge in [-0.05, 0) is 34.3 Å². The van der Waals surface area contributed by atoms with Crippen LogP contribution in [-0.2, 0) is 5.75 Å². The predicted octanol–water partition coefficient (Wildman–Crippen LogP) is 2.71. The molecule has 0 saturated carbocycles. The maximum Gasteiger partial charge on any atom is 0.106 e. The third kappa shape index (κ3) is 2.31. The Bertz CT molecular complexity index is 215. The molecule has 0 aliphatic rings. The molecule has 1 heterocycles. The first-order valence-corrected chi connectivity index (χ1v) is 5.12. The number of nitrogens with zero attached hydrogens (tertiary/aromatic N) is 1. The van der Waals surface area contributed by atoms with Crippen LogP contribution in [0.5, 0.6) is 0 Å². The highest BCUT2D eigenvalue weighted by atomic mass is 79.9. The van der Waals surface area contributed by atoms with Gasteiger partial charge in [-0.1, -0.05) is 6.07 Å². The van der Waals surface area contributed by atoms with Crippen molar-refractivity contribution in [2.45, 2.75) is 5.75 Å². The second-order valence-electron chi connectivity index (χ2n) is 1.88. The van der Waals surface area contributed by atoms with E-state index in [1.165, 1.54) is 0 Å². The van der Waals surface area contributed by atoms with E-state index in [-0.39, 0.29) is 0 Å². The second kappa shape index (κ2) is 3.98. The molecule has 0 aliphatic heterocycles. The van der Waals surface area contributed by atoms with Crippen LogP contribution in [0, 0.1) is 0 Å². The Morgan fingerprint density at radius 1 is 1.60 bits per heavy atom. The van der Waals surface area contributed by atoms with Gasteiger partial charge >= 0.3 is 0 Å². The lowest BCUT2D eigenvalue weighted by Crippen LogP contribution is -1.84. The topological polar surface area (TPSA) is 12.9 Å². The third-order valence-electron chi connectivity index (χ3n) is 1.07. The fourth-order valence-corrected chi connectivity index (χ4v) is 1.52. The maximum atomic E-state index is 4.26. The zero-order valence-corrected chi connectivity index (χ0v) is 8.08. The molecule has 0 radical (unpaired) electrons.